The number of hydrogen-bond acceptors (Lipinski definition) is 1. The molecule has 3 rings (SSSR count). The highest BCUT2D eigenvalue weighted by molar-refractivity contribution is 6.35. The van der Waals surface area contributed by atoms with Gasteiger partial charge in [0.15, 0.2) is 0 Å². The lowest BCUT2D eigenvalue weighted by Crippen LogP contribution is -2.23. The number of fused-ring (bicyclic) bond motifs is 1. The smallest absolute Gasteiger partial charge is 0.0503 e. The van der Waals surface area contributed by atoms with Crippen LogP contribution in [0.5, 0.6) is 0 Å². The van der Waals surface area contributed by atoms with Gasteiger partial charge in [0.1, 0.15) is 0 Å². The van der Waals surface area contributed by atoms with Crippen molar-refractivity contribution < 1.29 is 0 Å². The van der Waals surface area contributed by atoms with E-state index < -0.39 is 0 Å². The molecule has 1 fully saturated rings. The van der Waals surface area contributed by atoms with Gasteiger partial charge < -0.3 is 4.57 Å². The molecule has 1 aromatic heterocycles. The molecule has 0 atom stereocenters. The van der Waals surface area contributed by atoms with Gasteiger partial charge in [-0.1, -0.05) is 30.5 Å². The number of nitrogens with zero attached hydrogens (tertiary/aromatic N) is 2. The quantitative estimate of drug-likeness (QED) is 0.751. The Labute approximate surface area is 132 Å². The van der Waals surface area contributed by atoms with Crippen molar-refractivity contribution in [2.45, 2.75) is 52.1 Å². The number of aromatic nitrogens is 1. The molecule has 1 aromatic carbocycles. The molecule has 2 heterocycles. The normalized spacial score (nSPS) is 17.5. The first-order valence-corrected chi connectivity index (χ1v) is 8.55. The first-order valence-electron chi connectivity index (χ1n) is 8.17. The fourth-order valence-electron chi connectivity index (χ4n) is 3.43. The zero-order valence-corrected chi connectivity index (χ0v) is 13.9. The minimum absolute atomic E-state index is 0.462. The number of hydrogen-bond donors (Lipinski definition) is 0. The summed E-state index contributed by atoms with van der Waals surface area (Å²) in [7, 11) is 0. The van der Waals surface area contributed by atoms with Crippen LogP contribution in [0.1, 0.15) is 51.1 Å². The van der Waals surface area contributed by atoms with Gasteiger partial charge in [-0.15, -0.1) is 0 Å². The van der Waals surface area contributed by atoms with Gasteiger partial charge in [-0.25, -0.2) is 0 Å². The second-order valence-electron chi connectivity index (χ2n) is 6.48. The molecule has 0 aliphatic carbocycles. The number of halogens is 1. The van der Waals surface area contributed by atoms with Crippen molar-refractivity contribution in [2.24, 2.45) is 0 Å². The first-order chi connectivity index (χ1) is 10.2. The Morgan fingerprint density at radius 3 is 2.48 bits per heavy atom. The van der Waals surface area contributed by atoms with E-state index in [-0.39, 0.29) is 0 Å². The Hall–Kier alpha value is -0.990. The largest absolute Gasteiger partial charge is 0.345 e. The molecule has 2 nitrogen and oxygen atoms in total. The summed E-state index contributed by atoms with van der Waals surface area (Å²) < 4.78 is 2.36. The summed E-state index contributed by atoms with van der Waals surface area (Å²) in [6, 6.07) is 6.72. The minimum atomic E-state index is 0.462. The number of rotatable bonds is 3. The molecular formula is C18H25ClN2. The molecule has 21 heavy (non-hydrogen) atoms. The van der Waals surface area contributed by atoms with Gasteiger partial charge in [-0.05, 0) is 57.5 Å². The van der Waals surface area contributed by atoms with Crippen molar-refractivity contribution in [3.05, 3.63) is 35.0 Å². The number of likely N-dealkylation sites (tertiary alicyclic amines) is 1. The lowest BCUT2D eigenvalue weighted by Gasteiger charge is -2.19. The summed E-state index contributed by atoms with van der Waals surface area (Å²) in [6.07, 6.45) is 7.73. The first kappa shape index (κ1) is 14.9. The molecule has 0 spiro atoms. The van der Waals surface area contributed by atoms with E-state index in [1.807, 2.05) is 6.07 Å². The topological polar surface area (TPSA) is 8.17 Å². The maximum absolute atomic E-state index is 6.50. The summed E-state index contributed by atoms with van der Waals surface area (Å²) >= 11 is 6.50. The fraction of sp³-hybridized carbons (Fsp3) is 0.556. The highest BCUT2D eigenvalue weighted by Gasteiger charge is 2.16. The van der Waals surface area contributed by atoms with Crippen LogP contribution in [0.2, 0.25) is 5.02 Å². The third-order valence-corrected chi connectivity index (χ3v) is 4.85. The van der Waals surface area contributed by atoms with E-state index >= 15 is 0 Å². The Kier molecular flexibility index (Phi) is 4.56. The number of benzene rings is 1. The average molecular weight is 305 g/mol. The summed E-state index contributed by atoms with van der Waals surface area (Å²) in [5, 5.41) is 2.13. The van der Waals surface area contributed by atoms with Crippen LogP contribution in [0.15, 0.2) is 24.4 Å². The molecule has 0 radical (unpaired) electrons. The maximum Gasteiger partial charge on any atom is 0.0503 e. The van der Waals surface area contributed by atoms with Gasteiger partial charge in [0, 0.05) is 24.2 Å². The van der Waals surface area contributed by atoms with Crippen LogP contribution < -0.4 is 0 Å². The van der Waals surface area contributed by atoms with E-state index in [4.69, 9.17) is 11.6 Å². The SMILES string of the molecule is CC(C)n1cc(CN2CCCCCC2)c2c(Cl)cccc21. The summed E-state index contributed by atoms with van der Waals surface area (Å²) in [6.45, 7) is 7.93. The van der Waals surface area contributed by atoms with Gasteiger partial charge in [0.05, 0.1) is 10.5 Å². The van der Waals surface area contributed by atoms with Gasteiger partial charge in [-0.2, -0.15) is 0 Å². The molecule has 0 bridgehead atoms. The lowest BCUT2D eigenvalue weighted by atomic mass is 10.1. The molecule has 1 aliphatic rings. The van der Waals surface area contributed by atoms with Crippen LogP contribution in [0.4, 0.5) is 0 Å². The van der Waals surface area contributed by atoms with E-state index in [9.17, 15) is 0 Å². The van der Waals surface area contributed by atoms with Crippen molar-refractivity contribution in [3.8, 4) is 0 Å². The summed E-state index contributed by atoms with van der Waals surface area (Å²) in [4.78, 5) is 2.59. The van der Waals surface area contributed by atoms with Gasteiger partial charge in [0.25, 0.3) is 0 Å². The fourth-order valence-corrected chi connectivity index (χ4v) is 3.72. The molecule has 0 unspecified atom stereocenters. The summed E-state index contributed by atoms with van der Waals surface area (Å²) in [5.41, 5.74) is 2.65. The molecule has 0 amide bonds. The van der Waals surface area contributed by atoms with E-state index in [0.717, 1.165) is 11.6 Å². The maximum atomic E-state index is 6.50. The lowest BCUT2D eigenvalue weighted by molar-refractivity contribution is 0.277. The molecule has 1 saturated heterocycles. The zero-order valence-electron chi connectivity index (χ0n) is 13.1. The van der Waals surface area contributed by atoms with Crippen LogP contribution in [0, 0.1) is 0 Å². The van der Waals surface area contributed by atoms with E-state index in [2.05, 4.69) is 41.6 Å². The van der Waals surface area contributed by atoms with Crippen LogP contribution >= 0.6 is 11.6 Å². The van der Waals surface area contributed by atoms with Gasteiger partial charge in [0.2, 0.25) is 0 Å². The van der Waals surface area contributed by atoms with Crippen molar-refractivity contribution in [2.75, 3.05) is 13.1 Å². The molecule has 2 aromatic rings. The van der Waals surface area contributed by atoms with Crippen LogP contribution in [0.3, 0.4) is 0 Å². The Morgan fingerprint density at radius 2 is 1.81 bits per heavy atom. The second-order valence-corrected chi connectivity index (χ2v) is 6.89. The Morgan fingerprint density at radius 1 is 1.10 bits per heavy atom. The molecule has 1 aliphatic heterocycles. The molecular weight excluding hydrogens is 280 g/mol. The summed E-state index contributed by atoms with van der Waals surface area (Å²) in [5.74, 6) is 0. The predicted molar refractivity (Wildman–Crippen MR) is 91.1 cm³/mol. The molecule has 114 valence electrons. The standard InChI is InChI=1S/C18H25ClN2/c1-14(2)21-13-15(12-20-10-5-3-4-6-11-20)18-16(19)8-7-9-17(18)21/h7-9,13-14H,3-6,10-12H2,1-2H3. The van der Waals surface area contributed by atoms with Gasteiger partial charge >= 0.3 is 0 Å². The second kappa shape index (κ2) is 6.41. The van der Waals surface area contributed by atoms with E-state index in [0.29, 0.717) is 6.04 Å². The monoisotopic (exact) mass is 304 g/mol. The van der Waals surface area contributed by atoms with E-state index in [1.165, 1.54) is 55.2 Å². The third-order valence-electron chi connectivity index (χ3n) is 4.53. The molecule has 0 saturated carbocycles. The van der Waals surface area contributed by atoms with Gasteiger partial charge in [-0.3, -0.25) is 4.90 Å². The highest BCUT2D eigenvalue weighted by Crippen LogP contribution is 2.31. The van der Waals surface area contributed by atoms with E-state index in [1.54, 1.807) is 0 Å². The van der Waals surface area contributed by atoms with Crippen molar-refractivity contribution in [3.63, 3.8) is 0 Å². The van der Waals surface area contributed by atoms with Crippen LogP contribution in [0.25, 0.3) is 10.9 Å². The predicted octanol–water partition coefficient (Wildman–Crippen LogP) is 5.25. The van der Waals surface area contributed by atoms with Crippen LogP contribution in [-0.4, -0.2) is 22.6 Å². The Balaban J connectivity index is 1.97. The van der Waals surface area contributed by atoms with Crippen molar-refractivity contribution >= 4 is 22.5 Å². The van der Waals surface area contributed by atoms with Crippen LogP contribution in [-0.2, 0) is 6.54 Å². The highest BCUT2D eigenvalue weighted by atomic mass is 35.5. The molecule has 0 N–H and O–H groups in total. The average Bonchev–Trinajstić information content (AvgIpc) is 2.64. The molecule has 3 heteroatoms. The van der Waals surface area contributed by atoms with Crippen molar-refractivity contribution in [1.82, 2.24) is 9.47 Å². The Bertz CT molecular complexity index is 607. The van der Waals surface area contributed by atoms with Crippen molar-refractivity contribution in [1.29, 1.82) is 0 Å². The zero-order chi connectivity index (χ0) is 14.8. The minimum Gasteiger partial charge on any atom is -0.345 e. The third kappa shape index (κ3) is 3.12.